The minimum absolute atomic E-state index is 0.154. The summed E-state index contributed by atoms with van der Waals surface area (Å²) in [7, 11) is 1.43. The first-order valence-electron chi connectivity index (χ1n) is 7.62. The van der Waals surface area contributed by atoms with E-state index in [2.05, 4.69) is 19.2 Å². The minimum atomic E-state index is -0.546. The molecule has 6 nitrogen and oxygen atoms in total. The first-order valence-corrected chi connectivity index (χ1v) is 7.62. The van der Waals surface area contributed by atoms with Crippen molar-refractivity contribution in [1.82, 2.24) is 0 Å². The molecule has 2 aromatic carbocycles. The summed E-state index contributed by atoms with van der Waals surface area (Å²) in [6.07, 6.45) is 0.154. The molecule has 0 aliphatic rings. The SMILES string of the molecule is COc1ccc(NC(=O)Cc2ccc(C(C)C)cc2)c([N+](=O)[O-])c1. The van der Waals surface area contributed by atoms with Crippen LogP contribution in [0.3, 0.4) is 0 Å². The van der Waals surface area contributed by atoms with Crippen LogP contribution in [0.25, 0.3) is 0 Å². The number of nitro groups is 1. The predicted octanol–water partition coefficient (Wildman–Crippen LogP) is 3.91. The molecule has 0 fully saturated rings. The van der Waals surface area contributed by atoms with Gasteiger partial charge in [-0.05, 0) is 29.2 Å². The number of nitro benzene ring substituents is 1. The number of carbonyl (C=O) groups excluding carboxylic acids is 1. The number of anilines is 1. The van der Waals surface area contributed by atoms with Gasteiger partial charge >= 0.3 is 0 Å². The lowest BCUT2D eigenvalue weighted by Gasteiger charge is -2.09. The second-order valence-corrected chi connectivity index (χ2v) is 5.76. The molecule has 24 heavy (non-hydrogen) atoms. The quantitative estimate of drug-likeness (QED) is 0.644. The Morgan fingerprint density at radius 3 is 2.42 bits per heavy atom. The van der Waals surface area contributed by atoms with Crippen LogP contribution in [-0.2, 0) is 11.2 Å². The summed E-state index contributed by atoms with van der Waals surface area (Å²) in [5.74, 6) is 0.486. The fourth-order valence-corrected chi connectivity index (χ4v) is 2.30. The van der Waals surface area contributed by atoms with E-state index >= 15 is 0 Å². The van der Waals surface area contributed by atoms with Crippen molar-refractivity contribution in [1.29, 1.82) is 0 Å². The number of amides is 1. The maximum absolute atomic E-state index is 12.2. The Bertz CT molecular complexity index is 739. The highest BCUT2D eigenvalue weighted by molar-refractivity contribution is 5.94. The molecule has 0 aromatic heterocycles. The molecule has 6 heteroatoms. The van der Waals surface area contributed by atoms with E-state index in [0.29, 0.717) is 11.7 Å². The highest BCUT2D eigenvalue weighted by atomic mass is 16.6. The zero-order chi connectivity index (χ0) is 17.7. The van der Waals surface area contributed by atoms with Gasteiger partial charge in [0.1, 0.15) is 11.4 Å². The van der Waals surface area contributed by atoms with Crippen molar-refractivity contribution in [2.75, 3.05) is 12.4 Å². The summed E-state index contributed by atoms with van der Waals surface area (Å²) in [5, 5.41) is 13.7. The molecule has 0 aliphatic heterocycles. The van der Waals surface area contributed by atoms with Crippen molar-refractivity contribution >= 4 is 17.3 Å². The molecule has 0 unspecified atom stereocenters. The highest BCUT2D eigenvalue weighted by Crippen LogP contribution is 2.29. The normalized spacial score (nSPS) is 10.5. The number of nitrogens with one attached hydrogen (secondary N) is 1. The number of hydrogen-bond acceptors (Lipinski definition) is 4. The molecule has 2 aromatic rings. The average molecular weight is 328 g/mol. The number of nitrogens with zero attached hydrogens (tertiary/aromatic N) is 1. The minimum Gasteiger partial charge on any atom is -0.496 e. The highest BCUT2D eigenvalue weighted by Gasteiger charge is 2.17. The van der Waals surface area contributed by atoms with Gasteiger partial charge in [-0.15, -0.1) is 0 Å². The van der Waals surface area contributed by atoms with E-state index in [0.717, 1.165) is 5.56 Å². The first kappa shape index (κ1) is 17.5. The number of methoxy groups -OCH3 is 1. The van der Waals surface area contributed by atoms with E-state index in [1.54, 1.807) is 6.07 Å². The van der Waals surface area contributed by atoms with Gasteiger partial charge in [-0.1, -0.05) is 38.1 Å². The van der Waals surface area contributed by atoms with Gasteiger partial charge in [0.25, 0.3) is 5.69 Å². The van der Waals surface area contributed by atoms with Gasteiger partial charge in [-0.25, -0.2) is 0 Å². The largest absolute Gasteiger partial charge is 0.496 e. The molecule has 2 rings (SSSR count). The van der Waals surface area contributed by atoms with Gasteiger partial charge in [0.05, 0.1) is 24.5 Å². The lowest BCUT2D eigenvalue weighted by molar-refractivity contribution is -0.384. The van der Waals surface area contributed by atoms with E-state index < -0.39 is 4.92 Å². The average Bonchev–Trinajstić information content (AvgIpc) is 2.55. The van der Waals surface area contributed by atoms with Crippen LogP contribution in [0.15, 0.2) is 42.5 Å². The zero-order valence-corrected chi connectivity index (χ0v) is 13.9. The van der Waals surface area contributed by atoms with E-state index in [1.165, 1.54) is 24.8 Å². The second-order valence-electron chi connectivity index (χ2n) is 5.76. The van der Waals surface area contributed by atoms with Crippen molar-refractivity contribution in [3.05, 3.63) is 63.7 Å². The molecule has 0 bridgehead atoms. The Kier molecular flexibility index (Phi) is 5.52. The smallest absolute Gasteiger partial charge is 0.296 e. The van der Waals surface area contributed by atoms with Crippen molar-refractivity contribution in [2.24, 2.45) is 0 Å². The van der Waals surface area contributed by atoms with Crippen molar-refractivity contribution in [3.8, 4) is 5.75 Å². The van der Waals surface area contributed by atoms with Crippen LogP contribution in [0, 0.1) is 10.1 Å². The number of rotatable bonds is 6. The maximum Gasteiger partial charge on any atom is 0.296 e. The molecule has 1 N–H and O–H groups in total. The summed E-state index contributed by atoms with van der Waals surface area (Å²) < 4.78 is 4.97. The van der Waals surface area contributed by atoms with Crippen molar-refractivity contribution in [2.45, 2.75) is 26.2 Å². The molecular formula is C18H20N2O4. The molecule has 0 spiro atoms. The third-order valence-electron chi connectivity index (χ3n) is 3.69. The van der Waals surface area contributed by atoms with Gasteiger partial charge in [-0.3, -0.25) is 14.9 Å². The van der Waals surface area contributed by atoms with Crippen LogP contribution in [0.4, 0.5) is 11.4 Å². The number of ether oxygens (including phenoxy) is 1. The Hall–Kier alpha value is -2.89. The molecule has 0 radical (unpaired) electrons. The number of benzene rings is 2. The fourth-order valence-electron chi connectivity index (χ4n) is 2.30. The Balaban J connectivity index is 2.10. The Morgan fingerprint density at radius 1 is 1.21 bits per heavy atom. The van der Waals surface area contributed by atoms with E-state index in [1.807, 2.05) is 24.3 Å². The van der Waals surface area contributed by atoms with E-state index in [9.17, 15) is 14.9 Å². The molecule has 0 saturated heterocycles. The van der Waals surface area contributed by atoms with Crippen molar-refractivity contribution in [3.63, 3.8) is 0 Å². The lowest BCUT2D eigenvalue weighted by atomic mass is 10.0. The van der Waals surface area contributed by atoms with Crippen LogP contribution in [-0.4, -0.2) is 17.9 Å². The molecule has 0 saturated carbocycles. The van der Waals surface area contributed by atoms with E-state index in [-0.39, 0.29) is 23.7 Å². The first-order chi connectivity index (χ1) is 11.4. The monoisotopic (exact) mass is 328 g/mol. The third-order valence-corrected chi connectivity index (χ3v) is 3.69. The molecular weight excluding hydrogens is 308 g/mol. The summed E-state index contributed by atoms with van der Waals surface area (Å²) >= 11 is 0. The van der Waals surface area contributed by atoms with Gasteiger partial charge in [0.2, 0.25) is 5.91 Å². The van der Waals surface area contributed by atoms with Crippen LogP contribution in [0.2, 0.25) is 0 Å². The summed E-state index contributed by atoms with van der Waals surface area (Å²) in [5.41, 5.74) is 2.01. The number of carbonyl (C=O) groups is 1. The molecule has 0 atom stereocenters. The Labute approximate surface area is 140 Å². The molecule has 1 amide bonds. The standard InChI is InChI=1S/C18H20N2O4/c1-12(2)14-6-4-13(5-7-14)10-18(21)19-16-9-8-15(24-3)11-17(16)20(22)23/h4-9,11-12H,10H2,1-3H3,(H,19,21). The topological polar surface area (TPSA) is 81.5 Å². The van der Waals surface area contributed by atoms with Crippen molar-refractivity contribution < 1.29 is 14.5 Å². The zero-order valence-electron chi connectivity index (χ0n) is 13.9. The Morgan fingerprint density at radius 2 is 1.88 bits per heavy atom. The lowest BCUT2D eigenvalue weighted by Crippen LogP contribution is -2.15. The van der Waals surface area contributed by atoms with Gasteiger partial charge in [-0.2, -0.15) is 0 Å². The van der Waals surface area contributed by atoms with Crippen LogP contribution in [0.1, 0.15) is 30.9 Å². The second kappa shape index (κ2) is 7.59. The number of hydrogen-bond donors (Lipinski definition) is 1. The van der Waals surface area contributed by atoms with E-state index in [4.69, 9.17) is 4.74 Å². The summed E-state index contributed by atoms with van der Waals surface area (Å²) in [4.78, 5) is 22.7. The van der Waals surface area contributed by atoms with Crippen LogP contribution < -0.4 is 10.1 Å². The maximum atomic E-state index is 12.2. The van der Waals surface area contributed by atoms with Crippen LogP contribution in [0.5, 0.6) is 5.75 Å². The van der Waals surface area contributed by atoms with Crippen LogP contribution >= 0.6 is 0 Å². The third kappa shape index (κ3) is 4.32. The predicted molar refractivity (Wildman–Crippen MR) is 92.5 cm³/mol. The summed E-state index contributed by atoms with van der Waals surface area (Å²) in [6.45, 7) is 4.20. The molecule has 126 valence electrons. The fraction of sp³-hybridized carbons (Fsp3) is 0.278. The summed E-state index contributed by atoms with van der Waals surface area (Å²) in [6, 6.07) is 12.1. The van der Waals surface area contributed by atoms with Gasteiger partial charge < -0.3 is 10.1 Å². The molecule has 0 heterocycles. The van der Waals surface area contributed by atoms with Gasteiger partial charge in [0.15, 0.2) is 0 Å². The van der Waals surface area contributed by atoms with Gasteiger partial charge in [0, 0.05) is 0 Å². The molecule has 0 aliphatic carbocycles.